The van der Waals surface area contributed by atoms with Gasteiger partial charge in [0.1, 0.15) is 0 Å². The summed E-state index contributed by atoms with van der Waals surface area (Å²) in [5.41, 5.74) is 5.73. The summed E-state index contributed by atoms with van der Waals surface area (Å²) in [7, 11) is 0. The Hall–Kier alpha value is -0.120. The van der Waals surface area contributed by atoms with E-state index in [1.165, 1.54) is 25.9 Å². The highest BCUT2D eigenvalue weighted by atomic mass is 16.5. The van der Waals surface area contributed by atoms with Crippen LogP contribution in [0, 0.1) is 5.92 Å². The van der Waals surface area contributed by atoms with Crippen LogP contribution in [-0.2, 0) is 4.74 Å². The molecule has 0 saturated carbocycles. The van der Waals surface area contributed by atoms with Gasteiger partial charge in [-0.2, -0.15) is 0 Å². The van der Waals surface area contributed by atoms with Gasteiger partial charge in [0.15, 0.2) is 0 Å². The highest BCUT2D eigenvalue weighted by molar-refractivity contribution is 4.79. The third kappa shape index (κ3) is 3.23. The van der Waals surface area contributed by atoms with Gasteiger partial charge in [0, 0.05) is 19.7 Å². The number of rotatable bonds is 5. The van der Waals surface area contributed by atoms with Gasteiger partial charge in [0.25, 0.3) is 0 Å². The van der Waals surface area contributed by atoms with Crippen LogP contribution >= 0.6 is 0 Å². The van der Waals surface area contributed by atoms with Crippen molar-refractivity contribution in [3.05, 3.63) is 0 Å². The van der Waals surface area contributed by atoms with Gasteiger partial charge in [-0.15, -0.1) is 0 Å². The fourth-order valence-corrected chi connectivity index (χ4v) is 2.29. The topological polar surface area (TPSA) is 38.5 Å². The van der Waals surface area contributed by atoms with Crippen molar-refractivity contribution in [1.82, 2.24) is 4.90 Å². The molecule has 2 unspecified atom stereocenters. The zero-order valence-corrected chi connectivity index (χ0v) is 9.54. The molecule has 2 atom stereocenters. The molecule has 84 valence electrons. The SMILES string of the molecule is CCOC(CN)C1CCCN(CC)C1. The van der Waals surface area contributed by atoms with E-state index in [1.54, 1.807) is 0 Å². The second-order valence-electron chi connectivity index (χ2n) is 4.03. The standard InChI is InChI=1S/C11H24N2O/c1-3-13-7-5-6-10(9-13)11(8-12)14-4-2/h10-11H,3-9,12H2,1-2H3. The van der Waals surface area contributed by atoms with Crippen molar-refractivity contribution in [1.29, 1.82) is 0 Å². The minimum absolute atomic E-state index is 0.273. The summed E-state index contributed by atoms with van der Waals surface area (Å²) in [6.45, 7) is 9.28. The van der Waals surface area contributed by atoms with Crippen molar-refractivity contribution in [3.63, 3.8) is 0 Å². The van der Waals surface area contributed by atoms with Gasteiger partial charge < -0.3 is 15.4 Å². The zero-order valence-electron chi connectivity index (χ0n) is 9.54. The van der Waals surface area contributed by atoms with E-state index < -0.39 is 0 Å². The summed E-state index contributed by atoms with van der Waals surface area (Å²) < 4.78 is 5.67. The minimum Gasteiger partial charge on any atom is -0.377 e. The van der Waals surface area contributed by atoms with Crippen LogP contribution in [0.25, 0.3) is 0 Å². The van der Waals surface area contributed by atoms with Gasteiger partial charge in [-0.05, 0) is 38.8 Å². The van der Waals surface area contributed by atoms with Crippen LogP contribution in [0.3, 0.4) is 0 Å². The molecule has 3 nitrogen and oxygen atoms in total. The second-order valence-corrected chi connectivity index (χ2v) is 4.03. The van der Waals surface area contributed by atoms with E-state index in [4.69, 9.17) is 10.5 Å². The maximum Gasteiger partial charge on any atom is 0.0737 e. The normalized spacial score (nSPS) is 26.4. The Morgan fingerprint density at radius 1 is 1.50 bits per heavy atom. The van der Waals surface area contributed by atoms with Crippen LogP contribution in [0.5, 0.6) is 0 Å². The minimum atomic E-state index is 0.273. The molecule has 2 N–H and O–H groups in total. The zero-order chi connectivity index (χ0) is 10.4. The van der Waals surface area contributed by atoms with Crippen molar-refractivity contribution >= 4 is 0 Å². The first-order valence-corrected chi connectivity index (χ1v) is 5.85. The molecule has 0 amide bonds. The molecule has 0 bridgehead atoms. The molecule has 0 aromatic heterocycles. The second kappa shape index (κ2) is 6.38. The van der Waals surface area contributed by atoms with E-state index in [9.17, 15) is 0 Å². The number of hydrogen-bond donors (Lipinski definition) is 1. The Morgan fingerprint density at radius 2 is 2.29 bits per heavy atom. The Balaban J connectivity index is 2.40. The Kier molecular flexibility index (Phi) is 5.45. The molecule has 0 spiro atoms. The van der Waals surface area contributed by atoms with Gasteiger partial charge in [0.05, 0.1) is 6.10 Å². The molecule has 1 aliphatic rings. The summed E-state index contributed by atoms with van der Waals surface area (Å²) in [6, 6.07) is 0. The van der Waals surface area contributed by atoms with Crippen LogP contribution in [0.4, 0.5) is 0 Å². The number of hydrogen-bond acceptors (Lipinski definition) is 3. The Morgan fingerprint density at radius 3 is 2.86 bits per heavy atom. The van der Waals surface area contributed by atoms with Gasteiger partial charge in [-0.3, -0.25) is 0 Å². The smallest absolute Gasteiger partial charge is 0.0737 e. The van der Waals surface area contributed by atoms with E-state index >= 15 is 0 Å². The largest absolute Gasteiger partial charge is 0.377 e. The highest BCUT2D eigenvalue weighted by Gasteiger charge is 2.25. The van der Waals surface area contributed by atoms with Crippen LogP contribution in [0.1, 0.15) is 26.7 Å². The molecule has 0 aliphatic carbocycles. The van der Waals surface area contributed by atoms with Gasteiger partial charge in [-0.1, -0.05) is 6.92 Å². The van der Waals surface area contributed by atoms with Gasteiger partial charge in [0.2, 0.25) is 0 Å². The lowest BCUT2D eigenvalue weighted by Gasteiger charge is -2.35. The van der Waals surface area contributed by atoms with E-state index in [0.717, 1.165) is 13.2 Å². The third-order valence-electron chi connectivity index (χ3n) is 3.13. The van der Waals surface area contributed by atoms with Gasteiger partial charge in [-0.25, -0.2) is 0 Å². The van der Waals surface area contributed by atoms with E-state index in [0.29, 0.717) is 12.5 Å². The van der Waals surface area contributed by atoms with Crippen LogP contribution in [0.2, 0.25) is 0 Å². The fraction of sp³-hybridized carbons (Fsp3) is 1.00. The number of ether oxygens (including phenoxy) is 1. The highest BCUT2D eigenvalue weighted by Crippen LogP contribution is 2.21. The quantitative estimate of drug-likeness (QED) is 0.722. The van der Waals surface area contributed by atoms with E-state index in [-0.39, 0.29) is 6.10 Å². The van der Waals surface area contributed by atoms with Crippen molar-refractivity contribution in [2.75, 3.05) is 32.8 Å². The molecule has 1 saturated heterocycles. The molecule has 1 aliphatic heterocycles. The predicted molar refractivity (Wildman–Crippen MR) is 59.3 cm³/mol. The number of likely N-dealkylation sites (tertiary alicyclic amines) is 1. The number of nitrogens with two attached hydrogens (primary N) is 1. The lowest BCUT2D eigenvalue weighted by molar-refractivity contribution is -0.00162. The molecule has 0 aromatic carbocycles. The number of piperidine rings is 1. The predicted octanol–water partition coefficient (Wildman–Crippen LogP) is 1.08. The lowest BCUT2D eigenvalue weighted by Crippen LogP contribution is -2.43. The summed E-state index contributed by atoms with van der Waals surface area (Å²) in [4.78, 5) is 2.50. The fourth-order valence-electron chi connectivity index (χ4n) is 2.29. The lowest BCUT2D eigenvalue weighted by atomic mass is 9.92. The van der Waals surface area contributed by atoms with Crippen LogP contribution < -0.4 is 5.73 Å². The first-order valence-electron chi connectivity index (χ1n) is 5.85. The molecule has 0 radical (unpaired) electrons. The molecular formula is C11H24N2O. The summed E-state index contributed by atoms with van der Waals surface area (Å²) in [5, 5.41) is 0. The van der Waals surface area contributed by atoms with Crippen molar-refractivity contribution in [2.24, 2.45) is 11.7 Å². The molecular weight excluding hydrogens is 176 g/mol. The molecule has 14 heavy (non-hydrogen) atoms. The maximum atomic E-state index is 5.73. The summed E-state index contributed by atoms with van der Waals surface area (Å²) >= 11 is 0. The molecule has 0 aromatic rings. The molecule has 1 rings (SSSR count). The van der Waals surface area contributed by atoms with E-state index in [2.05, 4.69) is 11.8 Å². The van der Waals surface area contributed by atoms with Crippen molar-refractivity contribution in [2.45, 2.75) is 32.8 Å². The monoisotopic (exact) mass is 200 g/mol. The summed E-state index contributed by atoms with van der Waals surface area (Å²) in [5.74, 6) is 0.647. The Labute approximate surface area is 87.6 Å². The number of nitrogens with zero attached hydrogens (tertiary/aromatic N) is 1. The Bertz CT molecular complexity index is 152. The van der Waals surface area contributed by atoms with Crippen molar-refractivity contribution < 1.29 is 4.74 Å². The van der Waals surface area contributed by atoms with E-state index in [1.807, 2.05) is 6.92 Å². The van der Waals surface area contributed by atoms with Crippen LogP contribution in [0.15, 0.2) is 0 Å². The molecule has 1 fully saturated rings. The van der Waals surface area contributed by atoms with Crippen LogP contribution in [-0.4, -0.2) is 43.8 Å². The average molecular weight is 200 g/mol. The molecule has 1 heterocycles. The first-order chi connectivity index (χ1) is 6.81. The molecule has 3 heteroatoms. The van der Waals surface area contributed by atoms with Crippen molar-refractivity contribution in [3.8, 4) is 0 Å². The maximum absolute atomic E-state index is 5.73. The van der Waals surface area contributed by atoms with Gasteiger partial charge >= 0.3 is 0 Å². The third-order valence-corrected chi connectivity index (χ3v) is 3.13. The average Bonchev–Trinajstić information content (AvgIpc) is 2.26. The first kappa shape index (κ1) is 12.0. The summed E-state index contributed by atoms with van der Waals surface area (Å²) in [6.07, 6.45) is 2.84.